The first kappa shape index (κ1) is 47.3. The van der Waals surface area contributed by atoms with Crippen LogP contribution < -0.4 is 5.32 Å². The third-order valence-electron chi connectivity index (χ3n) is 9.30. The number of rotatable bonds is 37. The molecule has 286 valence electrons. The van der Waals surface area contributed by atoms with Gasteiger partial charge in [-0.2, -0.15) is 0 Å². The van der Waals surface area contributed by atoms with Crippen molar-refractivity contribution in [1.82, 2.24) is 5.32 Å². The van der Waals surface area contributed by atoms with Crippen molar-refractivity contribution in [2.45, 2.75) is 218 Å². The number of nitrogens with one attached hydrogen (secondary N) is 1. The van der Waals surface area contributed by atoms with Crippen molar-refractivity contribution >= 4 is 5.91 Å². The smallest absolute Gasteiger partial charge is 0.222 e. The summed E-state index contributed by atoms with van der Waals surface area (Å²) in [6.45, 7) is 4.11. The van der Waals surface area contributed by atoms with Crippen LogP contribution in [-0.4, -0.2) is 46.1 Å². The van der Waals surface area contributed by atoms with Crippen LogP contribution in [0.5, 0.6) is 0 Å². The second kappa shape index (κ2) is 39.1. The number of aliphatic hydroxyl groups is 3. The molecule has 5 heteroatoms. The van der Waals surface area contributed by atoms with Gasteiger partial charge in [0, 0.05) is 0 Å². The lowest BCUT2D eigenvalue weighted by Gasteiger charge is -2.21. The summed E-state index contributed by atoms with van der Waals surface area (Å²) in [4.78, 5) is 12.4. The van der Waals surface area contributed by atoms with Crippen molar-refractivity contribution in [2.24, 2.45) is 0 Å². The number of carbonyl (C=O) groups is 1. The minimum absolute atomic E-state index is 0.00180. The summed E-state index contributed by atoms with van der Waals surface area (Å²) >= 11 is 0. The first-order valence-electron chi connectivity index (χ1n) is 20.9. The third-order valence-corrected chi connectivity index (χ3v) is 9.30. The zero-order valence-corrected chi connectivity index (χ0v) is 32.3. The van der Waals surface area contributed by atoms with E-state index in [9.17, 15) is 20.1 Å². The van der Waals surface area contributed by atoms with E-state index in [1.165, 1.54) is 128 Å². The van der Waals surface area contributed by atoms with Crippen LogP contribution in [0.3, 0.4) is 0 Å². The van der Waals surface area contributed by atoms with E-state index >= 15 is 0 Å². The molecule has 3 unspecified atom stereocenters. The molecule has 0 radical (unpaired) electrons. The molecule has 0 aromatic heterocycles. The van der Waals surface area contributed by atoms with E-state index < -0.39 is 18.2 Å². The minimum atomic E-state index is -0.959. The Bertz CT molecular complexity index is 805. The number of unbranched alkanes of at least 4 members (excludes halogenated alkanes) is 22. The van der Waals surface area contributed by atoms with Gasteiger partial charge in [-0.25, -0.2) is 0 Å². The SMILES string of the molecule is CCC/C=C/CC/C=C/CC/C=C/C(O)C(CO)NC(=O)CC(O)CCCCCCCCC/C=C\CCCCCCCCCCCCCC. The van der Waals surface area contributed by atoms with Gasteiger partial charge in [0.15, 0.2) is 0 Å². The van der Waals surface area contributed by atoms with Gasteiger partial charge in [-0.3, -0.25) is 4.79 Å². The van der Waals surface area contributed by atoms with Gasteiger partial charge in [-0.05, 0) is 64.2 Å². The van der Waals surface area contributed by atoms with Gasteiger partial charge >= 0.3 is 0 Å². The molecule has 0 aliphatic heterocycles. The molecule has 0 fully saturated rings. The van der Waals surface area contributed by atoms with Crippen molar-refractivity contribution in [2.75, 3.05) is 6.61 Å². The average molecular weight is 688 g/mol. The van der Waals surface area contributed by atoms with Crippen LogP contribution in [0.1, 0.15) is 200 Å². The summed E-state index contributed by atoms with van der Waals surface area (Å²) in [7, 11) is 0. The maximum Gasteiger partial charge on any atom is 0.222 e. The largest absolute Gasteiger partial charge is 0.394 e. The standard InChI is InChI=1S/C44H81NO4/c1-3-5-7-9-11-13-15-16-17-18-19-20-21-22-23-24-25-26-28-29-31-33-35-37-41(47)39-44(49)45-42(40-46)43(48)38-36-34-32-30-27-14-12-10-8-6-4-2/h8,10,22-23,27,30,36,38,41-43,46-48H,3-7,9,11-21,24-26,28-29,31-35,37,39-40H2,1-2H3,(H,45,49)/b10-8+,23-22-,30-27+,38-36+. The summed E-state index contributed by atoms with van der Waals surface area (Å²) in [5.74, 6) is -0.335. The van der Waals surface area contributed by atoms with E-state index in [0.717, 1.165) is 44.9 Å². The van der Waals surface area contributed by atoms with E-state index in [-0.39, 0.29) is 18.9 Å². The lowest BCUT2D eigenvalue weighted by molar-refractivity contribution is -0.124. The highest BCUT2D eigenvalue weighted by molar-refractivity contribution is 5.76. The molecule has 0 aliphatic carbocycles. The van der Waals surface area contributed by atoms with Gasteiger partial charge in [-0.1, -0.05) is 178 Å². The highest BCUT2D eigenvalue weighted by Crippen LogP contribution is 2.14. The number of allylic oxidation sites excluding steroid dienone is 7. The fourth-order valence-corrected chi connectivity index (χ4v) is 6.08. The number of carbonyl (C=O) groups excluding carboxylic acids is 1. The molecule has 0 saturated heterocycles. The second-order valence-electron chi connectivity index (χ2n) is 14.2. The quantitative estimate of drug-likeness (QED) is 0.0386. The predicted molar refractivity (Wildman–Crippen MR) is 213 cm³/mol. The Morgan fingerprint density at radius 3 is 1.39 bits per heavy atom. The molecule has 5 nitrogen and oxygen atoms in total. The number of aliphatic hydroxyl groups excluding tert-OH is 3. The van der Waals surface area contributed by atoms with Gasteiger partial charge in [0.05, 0.1) is 31.3 Å². The number of hydrogen-bond donors (Lipinski definition) is 4. The molecule has 3 atom stereocenters. The van der Waals surface area contributed by atoms with Crippen molar-refractivity contribution in [3.8, 4) is 0 Å². The van der Waals surface area contributed by atoms with Crippen LogP contribution >= 0.6 is 0 Å². The van der Waals surface area contributed by atoms with Crippen LogP contribution in [0.2, 0.25) is 0 Å². The molecular weight excluding hydrogens is 606 g/mol. The molecule has 0 heterocycles. The van der Waals surface area contributed by atoms with Crippen molar-refractivity contribution in [3.63, 3.8) is 0 Å². The van der Waals surface area contributed by atoms with Gasteiger partial charge < -0.3 is 20.6 Å². The zero-order valence-electron chi connectivity index (χ0n) is 32.3. The summed E-state index contributed by atoms with van der Waals surface area (Å²) in [6.07, 6.45) is 49.7. The second-order valence-corrected chi connectivity index (χ2v) is 14.2. The summed E-state index contributed by atoms with van der Waals surface area (Å²) in [5, 5.41) is 33.0. The molecule has 0 bridgehead atoms. The van der Waals surface area contributed by atoms with Gasteiger partial charge in [0.1, 0.15) is 0 Å². The Kier molecular flexibility index (Phi) is 37.8. The van der Waals surface area contributed by atoms with E-state index in [1.807, 2.05) is 6.08 Å². The van der Waals surface area contributed by atoms with E-state index in [1.54, 1.807) is 6.08 Å². The molecule has 0 aromatic carbocycles. The highest BCUT2D eigenvalue weighted by atomic mass is 16.3. The summed E-state index contributed by atoms with van der Waals surface area (Å²) in [6, 6.07) is -0.767. The van der Waals surface area contributed by atoms with Crippen molar-refractivity contribution < 1.29 is 20.1 Å². The van der Waals surface area contributed by atoms with Crippen LogP contribution in [0, 0.1) is 0 Å². The molecular formula is C44H81NO4. The molecule has 0 aromatic rings. The number of amides is 1. The minimum Gasteiger partial charge on any atom is -0.394 e. The summed E-state index contributed by atoms with van der Waals surface area (Å²) in [5.41, 5.74) is 0. The molecule has 0 spiro atoms. The number of hydrogen-bond acceptors (Lipinski definition) is 4. The Hall–Kier alpha value is -1.69. The van der Waals surface area contributed by atoms with Crippen LogP contribution in [-0.2, 0) is 4.79 Å². The maximum absolute atomic E-state index is 12.4. The maximum atomic E-state index is 12.4. The lowest BCUT2D eigenvalue weighted by Crippen LogP contribution is -2.45. The van der Waals surface area contributed by atoms with Gasteiger partial charge in [0.25, 0.3) is 0 Å². The predicted octanol–water partition coefficient (Wildman–Crippen LogP) is 11.8. The van der Waals surface area contributed by atoms with Crippen LogP contribution in [0.25, 0.3) is 0 Å². The summed E-state index contributed by atoms with van der Waals surface area (Å²) < 4.78 is 0. The monoisotopic (exact) mass is 688 g/mol. The van der Waals surface area contributed by atoms with Gasteiger partial charge in [0.2, 0.25) is 5.91 Å². The van der Waals surface area contributed by atoms with Crippen LogP contribution in [0.15, 0.2) is 48.6 Å². The fraction of sp³-hybridized carbons (Fsp3) is 0.795. The van der Waals surface area contributed by atoms with Crippen LogP contribution in [0.4, 0.5) is 0 Å². The molecule has 4 N–H and O–H groups in total. The molecule has 1 amide bonds. The molecule has 0 aliphatic rings. The third kappa shape index (κ3) is 35.9. The average Bonchev–Trinajstić information content (AvgIpc) is 3.09. The van der Waals surface area contributed by atoms with Crippen molar-refractivity contribution in [1.29, 1.82) is 0 Å². The Morgan fingerprint density at radius 1 is 0.510 bits per heavy atom. The van der Waals surface area contributed by atoms with E-state index in [4.69, 9.17) is 0 Å². The van der Waals surface area contributed by atoms with E-state index in [2.05, 4.69) is 55.6 Å². The molecule has 0 saturated carbocycles. The van der Waals surface area contributed by atoms with Gasteiger partial charge in [-0.15, -0.1) is 0 Å². The molecule has 0 rings (SSSR count). The van der Waals surface area contributed by atoms with Crippen molar-refractivity contribution in [3.05, 3.63) is 48.6 Å². The Balaban J connectivity index is 3.66. The Morgan fingerprint density at radius 2 is 0.918 bits per heavy atom. The normalized spacial score (nSPS) is 14.1. The topological polar surface area (TPSA) is 89.8 Å². The first-order valence-corrected chi connectivity index (χ1v) is 20.9. The first-order chi connectivity index (χ1) is 24.0. The Labute approximate surface area is 304 Å². The lowest BCUT2D eigenvalue weighted by atomic mass is 10.0. The fourth-order valence-electron chi connectivity index (χ4n) is 6.08. The molecule has 49 heavy (non-hydrogen) atoms. The zero-order chi connectivity index (χ0) is 35.9. The van der Waals surface area contributed by atoms with E-state index in [0.29, 0.717) is 6.42 Å². The highest BCUT2D eigenvalue weighted by Gasteiger charge is 2.20.